The van der Waals surface area contributed by atoms with Crippen molar-refractivity contribution in [2.24, 2.45) is 0 Å². The predicted octanol–water partition coefficient (Wildman–Crippen LogP) is 1.56. The Kier molecular flexibility index (Phi) is 3.19. The molecule has 0 unspecified atom stereocenters. The second-order valence-electron chi connectivity index (χ2n) is 0.958. The van der Waals surface area contributed by atoms with Gasteiger partial charge in [-0.15, -0.1) is 0 Å². The molecule has 35 valence electrons. The molecule has 0 N–H and O–H groups in total. The molecule has 0 atom stereocenters. The molecule has 0 aliphatic rings. The number of hydrogen-bond donors (Lipinski definition) is 0. The van der Waals surface area contributed by atoms with Crippen molar-refractivity contribution >= 4 is 11.6 Å². The van der Waals surface area contributed by atoms with E-state index >= 15 is 0 Å². The van der Waals surface area contributed by atoms with Crippen LogP contribution in [0.5, 0.6) is 0 Å². The van der Waals surface area contributed by atoms with Crippen LogP contribution in [-0.4, -0.2) is 6.61 Å². The zero-order valence-corrected chi connectivity index (χ0v) is 4.33. The minimum Gasteiger partial charge on any atom is -0.232 e. The summed E-state index contributed by atoms with van der Waals surface area (Å²) in [5.41, 5.74) is 0. The summed E-state index contributed by atoms with van der Waals surface area (Å²) in [6.07, 6.45) is 1.42. The summed E-state index contributed by atoms with van der Waals surface area (Å²) < 4.78 is 0. The first-order valence-electron chi connectivity index (χ1n) is 1.67. The lowest BCUT2D eigenvalue weighted by Crippen LogP contribution is -1.66. The Morgan fingerprint density at radius 3 is 2.50 bits per heavy atom. The van der Waals surface area contributed by atoms with E-state index in [2.05, 4.69) is 0 Å². The van der Waals surface area contributed by atoms with Gasteiger partial charge in [-0.1, -0.05) is 11.6 Å². The fourth-order valence-electron chi connectivity index (χ4n) is 0.115. The number of allylic oxidation sites excluding steroid dienone is 1. The first-order valence-corrected chi connectivity index (χ1v) is 2.05. The molecule has 2 heteroatoms. The minimum absolute atomic E-state index is 0.213. The van der Waals surface area contributed by atoms with Gasteiger partial charge in [0.15, 0.2) is 0 Å². The van der Waals surface area contributed by atoms with Crippen molar-refractivity contribution in [1.29, 1.82) is 0 Å². The van der Waals surface area contributed by atoms with Crippen molar-refractivity contribution in [2.75, 3.05) is 6.61 Å². The molecule has 0 aromatic rings. The van der Waals surface area contributed by atoms with E-state index in [1.807, 2.05) is 0 Å². The molecule has 0 saturated carbocycles. The Morgan fingerprint density at radius 1 is 2.00 bits per heavy atom. The summed E-state index contributed by atoms with van der Waals surface area (Å²) in [4.78, 5) is 0. The minimum atomic E-state index is -0.213. The van der Waals surface area contributed by atoms with Gasteiger partial charge in [-0.05, 0) is 13.0 Å². The first-order chi connectivity index (χ1) is 2.77. The van der Waals surface area contributed by atoms with E-state index in [4.69, 9.17) is 11.6 Å². The molecule has 0 spiro atoms. The van der Waals surface area contributed by atoms with Crippen LogP contribution in [0.3, 0.4) is 0 Å². The maximum Gasteiger partial charge on any atom is 0.102 e. The zero-order valence-electron chi connectivity index (χ0n) is 3.57. The molecule has 0 aromatic carbocycles. The molecular weight excluding hydrogens is 99.5 g/mol. The first kappa shape index (κ1) is 5.99. The van der Waals surface area contributed by atoms with Crippen molar-refractivity contribution in [2.45, 2.75) is 6.92 Å². The Labute approximate surface area is 42.2 Å². The van der Waals surface area contributed by atoms with Crippen LogP contribution in [0.15, 0.2) is 11.1 Å². The highest BCUT2D eigenvalue weighted by atomic mass is 35.5. The lowest BCUT2D eigenvalue weighted by molar-refractivity contribution is 0.232. The molecule has 0 fully saturated rings. The van der Waals surface area contributed by atoms with E-state index in [9.17, 15) is 5.11 Å². The average Bonchev–Trinajstić information content (AvgIpc) is 1.35. The SMILES string of the molecule is C/C(Cl)=C/C[O]. The van der Waals surface area contributed by atoms with Gasteiger partial charge < -0.3 is 0 Å². The standard InChI is InChI=1S/C4H6ClO/c1-4(5)2-3-6/h2H,3H2,1H3/b4-2-. The van der Waals surface area contributed by atoms with Gasteiger partial charge in [-0.3, -0.25) is 0 Å². The molecule has 6 heavy (non-hydrogen) atoms. The summed E-state index contributed by atoms with van der Waals surface area (Å²) in [7, 11) is 0. The topological polar surface area (TPSA) is 19.9 Å². The lowest BCUT2D eigenvalue weighted by atomic mass is 10.6. The molecule has 1 radical (unpaired) electrons. The Balaban J connectivity index is 3.14. The molecule has 0 bridgehead atoms. The van der Waals surface area contributed by atoms with Gasteiger partial charge in [0.05, 0.1) is 0 Å². The highest BCUT2D eigenvalue weighted by molar-refractivity contribution is 6.29. The number of rotatable bonds is 1. The smallest absolute Gasteiger partial charge is 0.102 e. The van der Waals surface area contributed by atoms with Crippen molar-refractivity contribution in [1.82, 2.24) is 0 Å². The van der Waals surface area contributed by atoms with Gasteiger partial charge in [0, 0.05) is 5.03 Å². The molecule has 1 nitrogen and oxygen atoms in total. The van der Waals surface area contributed by atoms with Crippen LogP contribution in [0.2, 0.25) is 0 Å². The van der Waals surface area contributed by atoms with Crippen LogP contribution in [0.25, 0.3) is 0 Å². The summed E-state index contributed by atoms with van der Waals surface area (Å²) in [6.45, 7) is 1.47. The summed E-state index contributed by atoms with van der Waals surface area (Å²) in [6, 6.07) is 0. The van der Waals surface area contributed by atoms with E-state index < -0.39 is 0 Å². The van der Waals surface area contributed by atoms with Gasteiger partial charge >= 0.3 is 0 Å². The normalized spacial score (nSPS) is 12.2. The van der Waals surface area contributed by atoms with Crippen LogP contribution in [-0.2, 0) is 5.11 Å². The van der Waals surface area contributed by atoms with E-state index in [1.54, 1.807) is 6.92 Å². The monoisotopic (exact) mass is 105 g/mol. The fourth-order valence-corrected chi connectivity index (χ4v) is 0.178. The van der Waals surface area contributed by atoms with Crippen LogP contribution in [0.1, 0.15) is 6.92 Å². The van der Waals surface area contributed by atoms with E-state index in [0.717, 1.165) is 0 Å². The number of halogens is 1. The molecule has 0 heterocycles. The Morgan fingerprint density at radius 2 is 2.50 bits per heavy atom. The highest BCUT2D eigenvalue weighted by Gasteiger charge is 1.72. The predicted molar refractivity (Wildman–Crippen MR) is 25.2 cm³/mol. The molecule has 0 rings (SSSR count). The second kappa shape index (κ2) is 3.19. The summed E-state index contributed by atoms with van der Waals surface area (Å²) in [5, 5.41) is 10.2. The van der Waals surface area contributed by atoms with Crippen molar-refractivity contribution < 1.29 is 5.11 Å². The van der Waals surface area contributed by atoms with Gasteiger partial charge in [-0.25, -0.2) is 5.11 Å². The molecular formula is C4H6ClO. The average molecular weight is 106 g/mol. The van der Waals surface area contributed by atoms with Crippen LogP contribution >= 0.6 is 11.6 Å². The third-order valence-electron chi connectivity index (χ3n) is 0.365. The van der Waals surface area contributed by atoms with Crippen LogP contribution < -0.4 is 0 Å². The Bertz CT molecular complexity index is 54.6. The van der Waals surface area contributed by atoms with Crippen molar-refractivity contribution in [3.05, 3.63) is 11.1 Å². The molecule has 0 aliphatic carbocycles. The van der Waals surface area contributed by atoms with E-state index in [0.29, 0.717) is 5.03 Å². The van der Waals surface area contributed by atoms with Crippen LogP contribution in [0.4, 0.5) is 0 Å². The molecule has 0 aliphatic heterocycles. The quantitative estimate of drug-likeness (QED) is 0.482. The second-order valence-corrected chi connectivity index (χ2v) is 1.55. The number of hydrogen-bond acceptors (Lipinski definition) is 0. The van der Waals surface area contributed by atoms with Gasteiger partial charge in [-0.2, -0.15) is 0 Å². The van der Waals surface area contributed by atoms with Crippen LogP contribution in [0, 0.1) is 0 Å². The largest absolute Gasteiger partial charge is 0.232 e. The summed E-state index contributed by atoms with van der Waals surface area (Å²) >= 11 is 5.24. The molecule has 0 amide bonds. The molecule has 0 saturated heterocycles. The third-order valence-corrected chi connectivity index (χ3v) is 0.519. The fraction of sp³-hybridized carbons (Fsp3) is 0.500. The van der Waals surface area contributed by atoms with Gasteiger partial charge in [0.1, 0.15) is 6.61 Å². The highest BCUT2D eigenvalue weighted by Crippen LogP contribution is 1.94. The molecule has 0 aromatic heterocycles. The summed E-state index contributed by atoms with van der Waals surface area (Å²) in [5.74, 6) is 0. The van der Waals surface area contributed by atoms with Gasteiger partial charge in [0.2, 0.25) is 0 Å². The maximum absolute atomic E-state index is 9.58. The van der Waals surface area contributed by atoms with E-state index in [1.165, 1.54) is 6.08 Å². The zero-order chi connectivity index (χ0) is 4.99. The Hall–Kier alpha value is -0.0100. The van der Waals surface area contributed by atoms with Crippen molar-refractivity contribution in [3.8, 4) is 0 Å². The van der Waals surface area contributed by atoms with Crippen molar-refractivity contribution in [3.63, 3.8) is 0 Å². The maximum atomic E-state index is 9.58. The third kappa shape index (κ3) is 3.99. The van der Waals surface area contributed by atoms with Gasteiger partial charge in [0.25, 0.3) is 0 Å². The lowest BCUT2D eigenvalue weighted by Gasteiger charge is -1.75. The van der Waals surface area contributed by atoms with E-state index in [-0.39, 0.29) is 6.61 Å².